The number of anilines is 2. The van der Waals surface area contributed by atoms with E-state index in [1.54, 1.807) is 23.1 Å². The van der Waals surface area contributed by atoms with Gasteiger partial charge >= 0.3 is 0 Å². The monoisotopic (exact) mass is 356 g/mol. The van der Waals surface area contributed by atoms with Crippen molar-refractivity contribution >= 4 is 23.2 Å². The molecule has 0 spiro atoms. The normalized spacial score (nSPS) is 15.7. The van der Waals surface area contributed by atoms with Crippen molar-refractivity contribution in [3.63, 3.8) is 0 Å². The van der Waals surface area contributed by atoms with Crippen molar-refractivity contribution in [3.05, 3.63) is 53.8 Å². The Labute approximate surface area is 151 Å². The third-order valence-corrected chi connectivity index (χ3v) is 4.32. The molecule has 0 aliphatic carbocycles. The second kappa shape index (κ2) is 6.78. The number of hydrogen-bond donors (Lipinski definition) is 1. The Kier molecular flexibility index (Phi) is 4.68. The average molecular weight is 356 g/mol. The quantitative estimate of drug-likeness (QED) is 0.909. The van der Waals surface area contributed by atoms with Gasteiger partial charge in [0.1, 0.15) is 18.2 Å². The van der Waals surface area contributed by atoms with Crippen molar-refractivity contribution in [2.24, 2.45) is 5.41 Å². The van der Waals surface area contributed by atoms with E-state index in [9.17, 15) is 14.0 Å². The summed E-state index contributed by atoms with van der Waals surface area (Å²) in [7, 11) is 0. The maximum absolute atomic E-state index is 13.3. The molecule has 2 amide bonds. The zero-order valence-electron chi connectivity index (χ0n) is 15.0. The van der Waals surface area contributed by atoms with Gasteiger partial charge in [0.05, 0.1) is 11.1 Å². The predicted octanol–water partition coefficient (Wildman–Crippen LogP) is 3.85. The lowest BCUT2D eigenvalue weighted by molar-refractivity contribution is -0.127. The minimum Gasteiger partial charge on any atom is -0.490 e. The molecule has 0 bridgehead atoms. The van der Waals surface area contributed by atoms with E-state index in [1.165, 1.54) is 24.3 Å². The third-order valence-electron chi connectivity index (χ3n) is 4.32. The molecule has 1 aliphatic heterocycles. The highest BCUT2D eigenvalue weighted by Gasteiger charge is 2.37. The van der Waals surface area contributed by atoms with Gasteiger partial charge < -0.3 is 15.0 Å². The molecule has 0 atom stereocenters. The number of nitrogens with one attached hydrogen (secondary N) is 1. The topological polar surface area (TPSA) is 58.6 Å². The molecule has 0 fully saturated rings. The summed E-state index contributed by atoms with van der Waals surface area (Å²) in [6, 6.07) is 10.6. The molecule has 0 aromatic heterocycles. The highest BCUT2D eigenvalue weighted by atomic mass is 19.1. The molecule has 0 radical (unpaired) electrons. The lowest BCUT2D eigenvalue weighted by Crippen LogP contribution is -2.42. The molecule has 2 aromatic carbocycles. The van der Waals surface area contributed by atoms with Crippen LogP contribution in [0.4, 0.5) is 15.8 Å². The van der Waals surface area contributed by atoms with Crippen LogP contribution < -0.4 is 15.0 Å². The molecule has 5 nitrogen and oxygen atoms in total. The van der Waals surface area contributed by atoms with E-state index >= 15 is 0 Å². The second-order valence-electron chi connectivity index (χ2n) is 6.87. The maximum atomic E-state index is 13.3. The van der Waals surface area contributed by atoms with E-state index in [4.69, 9.17) is 4.74 Å². The summed E-state index contributed by atoms with van der Waals surface area (Å²) in [5.41, 5.74) is 0.702. The summed E-state index contributed by atoms with van der Waals surface area (Å²) in [4.78, 5) is 26.8. The van der Waals surface area contributed by atoms with E-state index in [-0.39, 0.29) is 18.1 Å². The van der Waals surface area contributed by atoms with Gasteiger partial charge in [0, 0.05) is 17.8 Å². The minimum atomic E-state index is -0.639. The van der Waals surface area contributed by atoms with E-state index in [0.717, 1.165) is 0 Å². The molecule has 2 aromatic rings. The van der Waals surface area contributed by atoms with Gasteiger partial charge in [-0.15, -0.1) is 0 Å². The minimum absolute atomic E-state index is 0.0349. The third kappa shape index (κ3) is 3.40. The Morgan fingerprint density at radius 1 is 1.27 bits per heavy atom. The molecule has 0 unspecified atom stereocenters. The van der Waals surface area contributed by atoms with E-state index in [2.05, 4.69) is 5.32 Å². The zero-order chi connectivity index (χ0) is 18.9. The number of ether oxygens (including phenoxy) is 1. The summed E-state index contributed by atoms with van der Waals surface area (Å²) in [5.74, 6) is -0.339. The maximum Gasteiger partial charge on any atom is 0.255 e. The van der Waals surface area contributed by atoms with Crippen LogP contribution in [0.1, 0.15) is 31.1 Å². The Morgan fingerprint density at radius 2 is 2.04 bits per heavy atom. The van der Waals surface area contributed by atoms with Crippen LogP contribution >= 0.6 is 0 Å². The van der Waals surface area contributed by atoms with Crippen LogP contribution in [-0.4, -0.2) is 25.0 Å². The number of nitrogens with zero attached hydrogens (tertiary/aromatic N) is 1. The van der Waals surface area contributed by atoms with Crippen LogP contribution in [0.15, 0.2) is 42.5 Å². The first-order chi connectivity index (χ1) is 12.3. The van der Waals surface area contributed by atoms with Gasteiger partial charge in [-0.1, -0.05) is 6.07 Å². The zero-order valence-corrected chi connectivity index (χ0v) is 15.0. The summed E-state index contributed by atoms with van der Waals surface area (Å²) >= 11 is 0. The molecular weight excluding hydrogens is 335 g/mol. The highest BCUT2D eigenvalue weighted by Crippen LogP contribution is 2.38. The predicted molar refractivity (Wildman–Crippen MR) is 98.1 cm³/mol. The number of rotatable bonds is 3. The molecule has 1 N–H and O–H groups in total. The number of halogens is 1. The van der Waals surface area contributed by atoms with E-state index < -0.39 is 17.1 Å². The van der Waals surface area contributed by atoms with Gasteiger partial charge in [0.2, 0.25) is 5.91 Å². The van der Waals surface area contributed by atoms with Crippen molar-refractivity contribution in [2.45, 2.75) is 20.8 Å². The molecule has 1 heterocycles. The SMILES string of the molecule is CCN1C(=O)C(C)(C)COc2ccc(NC(=O)c3cccc(F)c3)cc21. The van der Waals surface area contributed by atoms with Crippen LogP contribution in [0.25, 0.3) is 0 Å². The standard InChI is InChI=1S/C20H21FN2O3/c1-4-23-16-11-15(22-18(24)13-6-5-7-14(21)10-13)8-9-17(16)26-12-20(2,3)19(23)25/h5-11H,4,12H2,1-3H3,(H,22,24). The molecule has 0 saturated carbocycles. The highest BCUT2D eigenvalue weighted by molar-refractivity contribution is 6.05. The first-order valence-electron chi connectivity index (χ1n) is 8.47. The van der Waals surface area contributed by atoms with Gasteiger partial charge in [0.25, 0.3) is 5.91 Å². The summed E-state index contributed by atoms with van der Waals surface area (Å²) in [6.07, 6.45) is 0. The van der Waals surface area contributed by atoms with Gasteiger partial charge in [-0.2, -0.15) is 0 Å². The summed E-state index contributed by atoms with van der Waals surface area (Å²) < 4.78 is 19.1. The van der Waals surface area contributed by atoms with Crippen LogP contribution in [0.5, 0.6) is 5.75 Å². The first kappa shape index (κ1) is 17.9. The Balaban J connectivity index is 1.91. The smallest absolute Gasteiger partial charge is 0.255 e. The van der Waals surface area contributed by atoms with Crippen LogP contribution in [0.3, 0.4) is 0 Å². The van der Waals surface area contributed by atoms with Gasteiger partial charge in [-0.05, 0) is 57.2 Å². The van der Waals surface area contributed by atoms with Crippen molar-refractivity contribution in [1.82, 2.24) is 0 Å². The number of carbonyl (C=O) groups is 2. The van der Waals surface area contributed by atoms with Crippen LogP contribution in [0, 0.1) is 11.2 Å². The second-order valence-corrected chi connectivity index (χ2v) is 6.87. The Morgan fingerprint density at radius 3 is 2.73 bits per heavy atom. The van der Waals surface area contributed by atoms with E-state index in [0.29, 0.717) is 23.7 Å². The van der Waals surface area contributed by atoms with E-state index in [1.807, 2.05) is 20.8 Å². The molecule has 0 saturated heterocycles. The Hall–Kier alpha value is -2.89. The Bertz CT molecular complexity index is 864. The molecular formula is C20H21FN2O3. The molecule has 26 heavy (non-hydrogen) atoms. The van der Waals surface area contributed by atoms with Gasteiger partial charge in [-0.25, -0.2) is 4.39 Å². The lowest BCUT2D eigenvalue weighted by Gasteiger charge is -2.27. The average Bonchev–Trinajstić information content (AvgIpc) is 2.70. The fourth-order valence-corrected chi connectivity index (χ4v) is 2.87. The van der Waals surface area contributed by atoms with Gasteiger partial charge in [0.15, 0.2) is 0 Å². The van der Waals surface area contributed by atoms with Crippen LogP contribution in [0.2, 0.25) is 0 Å². The molecule has 136 valence electrons. The first-order valence-corrected chi connectivity index (χ1v) is 8.47. The fraction of sp³-hybridized carbons (Fsp3) is 0.300. The number of benzene rings is 2. The summed E-state index contributed by atoms with van der Waals surface area (Å²) in [6.45, 7) is 6.35. The number of amides is 2. The fourth-order valence-electron chi connectivity index (χ4n) is 2.87. The van der Waals surface area contributed by atoms with Crippen molar-refractivity contribution < 1.29 is 18.7 Å². The molecule has 1 aliphatic rings. The lowest BCUT2D eigenvalue weighted by atomic mass is 9.93. The largest absolute Gasteiger partial charge is 0.490 e. The number of fused-ring (bicyclic) bond motifs is 1. The van der Waals surface area contributed by atoms with Crippen molar-refractivity contribution in [1.29, 1.82) is 0 Å². The molecule has 3 rings (SSSR count). The summed E-state index contributed by atoms with van der Waals surface area (Å²) in [5, 5.41) is 2.74. The molecule has 6 heteroatoms. The van der Waals surface area contributed by atoms with Crippen molar-refractivity contribution in [2.75, 3.05) is 23.4 Å². The van der Waals surface area contributed by atoms with Gasteiger partial charge in [-0.3, -0.25) is 9.59 Å². The number of hydrogen-bond acceptors (Lipinski definition) is 3. The number of carbonyl (C=O) groups excluding carboxylic acids is 2. The van der Waals surface area contributed by atoms with Crippen LogP contribution in [-0.2, 0) is 4.79 Å². The van der Waals surface area contributed by atoms with Crippen molar-refractivity contribution in [3.8, 4) is 5.75 Å².